The molecule has 0 amide bonds. The van der Waals surface area contributed by atoms with E-state index in [1.807, 2.05) is 41.3 Å². The van der Waals surface area contributed by atoms with E-state index in [9.17, 15) is 8.42 Å². The normalized spacial score (nSPS) is 14.8. The first-order chi connectivity index (χ1) is 13.5. The van der Waals surface area contributed by atoms with Crippen molar-refractivity contribution >= 4 is 27.2 Å². The molecule has 3 aromatic rings. The Hall–Kier alpha value is -3.06. The Bertz CT molecular complexity index is 1100. The lowest BCUT2D eigenvalue weighted by Crippen LogP contribution is -2.25. The number of rotatable bonds is 4. The Balaban J connectivity index is 1.78. The summed E-state index contributed by atoms with van der Waals surface area (Å²) in [5, 5.41) is 0. The number of pyridine rings is 1. The quantitative estimate of drug-likeness (QED) is 0.675. The number of methoxy groups -OCH3 is 1. The van der Waals surface area contributed by atoms with Crippen LogP contribution < -0.4 is 13.9 Å². The molecule has 4 rings (SSSR count). The van der Waals surface area contributed by atoms with E-state index in [-0.39, 0.29) is 4.90 Å². The number of hydrogen-bond donors (Lipinski definition) is 0. The van der Waals surface area contributed by atoms with Gasteiger partial charge in [-0.1, -0.05) is 24.3 Å². The van der Waals surface area contributed by atoms with Crippen molar-refractivity contribution in [1.29, 1.82) is 0 Å². The van der Waals surface area contributed by atoms with Crippen LogP contribution in [0.25, 0.3) is 0 Å². The summed E-state index contributed by atoms with van der Waals surface area (Å²) < 4.78 is 32.8. The predicted octanol–water partition coefficient (Wildman–Crippen LogP) is 3.61. The van der Waals surface area contributed by atoms with E-state index in [0.29, 0.717) is 23.7 Å². The number of benzene rings is 2. The van der Waals surface area contributed by atoms with Crippen molar-refractivity contribution < 1.29 is 13.2 Å². The average Bonchev–Trinajstić information content (AvgIpc) is 2.80. The molecule has 0 spiro atoms. The molecule has 0 aliphatic carbocycles. The maximum Gasteiger partial charge on any atom is 0.266 e. The lowest BCUT2D eigenvalue weighted by molar-refractivity contribution is 0.414. The van der Waals surface area contributed by atoms with Crippen molar-refractivity contribution in [2.24, 2.45) is 0 Å². The summed E-state index contributed by atoms with van der Waals surface area (Å²) in [5.74, 6) is 1.44. The van der Waals surface area contributed by atoms with Crippen LogP contribution in [0.4, 0.5) is 17.2 Å². The highest BCUT2D eigenvalue weighted by Gasteiger charge is 2.33. The zero-order valence-electron chi connectivity index (χ0n) is 15.7. The highest BCUT2D eigenvalue weighted by molar-refractivity contribution is 7.93. The molecule has 0 N–H and O–H groups in total. The lowest BCUT2D eigenvalue weighted by Gasteiger charge is -2.25. The highest BCUT2D eigenvalue weighted by Crippen LogP contribution is 2.41. The van der Waals surface area contributed by atoms with Crippen LogP contribution in [-0.2, 0) is 16.4 Å². The van der Waals surface area contributed by atoms with Gasteiger partial charge in [0.25, 0.3) is 10.0 Å². The third kappa shape index (κ3) is 3.07. The van der Waals surface area contributed by atoms with Crippen LogP contribution in [0.15, 0.2) is 71.8 Å². The van der Waals surface area contributed by atoms with Gasteiger partial charge in [0.2, 0.25) is 0 Å². The molecule has 28 heavy (non-hydrogen) atoms. The van der Waals surface area contributed by atoms with Crippen LogP contribution >= 0.6 is 0 Å². The molecule has 144 valence electrons. The zero-order chi connectivity index (χ0) is 19.7. The number of ether oxygens (including phenoxy) is 1. The first-order valence-electron chi connectivity index (χ1n) is 8.96. The molecular weight excluding hydrogens is 374 g/mol. The third-order valence-electron chi connectivity index (χ3n) is 4.94. The largest absolute Gasteiger partial charge is 0.497 e. The molecule has 0 radical (unpaired) electrons. The predicted molar refractivity (Wildman–Crippen MR) is 110 cm³/mol. The van der Waals surface area contributed by atoms with Crippen LogP contribution in [-0.4, -0.2) is 34.1 Å². The van der Waals surface area contributed by atoms with Gasteiger partial charge in [-0.25, -0.2) is 13.4 Å². The van der Waals surface area contributed by atoms with E-state index in [1.165, 1.54) is 4.31 Å². The van der Waals surface area contributed by atoms with E-state index in [0.717, 1.165) is 17.7 Å². The van der Waals surface area contributed by atoms with Gasteiger partial charge in [-0.2, -0.15) is 0 Å². The number of anilines is 3. The first kappa shape index (κ1) is 18.3. The van der Waals surface area contributed by atoms with E-state index < -0.39 is 10.0 Å². The Morgan fingerprint density at radius 2 is 1.68 bits per heavy atom. The van der Waals surface area contributed by atoms with Gasteiger partial charge in [0, 0.05) is 19.8 Å². The first-order valence-corrected chi connectivity index (χ1v) is 10.4. The van der Waals surface area contributed by atoms with E-state index in [4.69, 9.17) is 4.74 Å². The second-order valence-corrected chi connectivity index (χ2v) is 8.47. The van der Waals surface area contributed by atoms with Gasteiger partial charge < -0.3 is 9.64 Å². The van der Waals surface area contributed by atoms with E-state index in [2.05, 4.69) is 4.98 Å². The molecule has 2 aromatic carbocycles. The van der Waals surface area contributed by atoms with Crippen LogP contribution in [0.1, 0.15) is 5.56 Å². The summed E-state index contributed by atoms with van der Waals surface area (Å²) in [4.78, 5) is 6.78. The van der Waals surface area contributed by atoms with Gasteiger partial charge in [0.05, 0.1) is 18.5 Å². The van der Waals surface area contributed by atoms with Crippen LogP contribution in [0.5, 0.6) is 5.75 Å². The van der Waals surface area contributed by atoms with Gasteiger partial charge in [0.15, 0.2) is 5.82 Å². The van der Waals surface area contributed by atoms with Crippen LogP contribution in [0.2, 0.25) is 0 Å². The SMILES string of the molecule is COc1ccc(CCN2c3ccccc3S(=O)(=O)N(C)c3cccnc32)cc1. The molecule has 6 nitrogen and oxygen atoms in total. The molecule has 0 saturated carbocycles. The fourth-order valence-electron chi connectivity index (χ4n) is 3.39. The third-order valence-corrected chi connectivity index (χ3v) is 6.76. The Labute approximate surface area is 165 Å². The molecule has 0 unspecified atom stereocenters. The molecule has 2 heterocycles. The molecule has 1 aliphatic rings. The van der Waals surface area contributed by atoms with Crippen molar-refractivity contribution in [3.05, 3.63) is 72.4 Å². The standard InChI is InChI=1S/C21H21N3O3S/c1-23-19-7-5-14-22-21(19)24(15-13-16-9-11-17(27-2)12-10-16)18-6-3-4-8-20(18)28(23,25)26/h3-12,14H,13,15H2,1-2H3. The second-order valence-electron chi connectivity index (χ2n) is 6.54. The molecule has 0 fully saturated rings. The minimum atomic E-state index is -3.66. The zero-order valence-corrected chi connectivity index (χ0v) is 16.6. The molecule has 0 saturated heterocycles. The van der Waals surface area contributed by atoms with Crippen LogP contribution in [0.3, 0.4) is 0 Å². The van der Waals surface area contributed by atoms with Crippen molar-refractivity contribution in [1.82, 2.24) is 4.98 Å². The number of para-hydroxylation sites is 1. The molecule has 0 bridgehead atoms. The Kier molecular flexibility index (Phi) is 4.68. The summed E-state index contributed by atoms with van der Waals surface area (Å²) >= 11 is 0. The number of sulfonamides is 1. The van der Waals surface area contributed by atoms with Crippen molar-refractivity contribution in [3.8, 4) is 5.75 Å². The molecule has 7 heteroatoms. The van der Waals surface area contributed by atoms with Gasteiger partial charge in [-0.3, -0.25) is 4.31 Å². The van der Waals surface area contributed by atoms with Gasteiger partial charge >= 0.3 is 0 Å². The number of hydrogen-bond acceptors (Lipinski definition) is 5. The Morgan fingerprint density at radius 1 is 0.964 bits per heavy atom. The smallest absolute Gasteiger partial charge is 0.266 e. The summed E-state index contributed by atoms with van der Waals surface area (Å²) in [7, 11) is -0.450. The van der Waals surface area contributed by atoms with Gasteiger partial charge in [-0.05, 0) is 48.4 Å². The monoisotopic (exact) mass is 395 g/mol. The fourth-order valence-corrected chi connectivity index (χ4v) is 4.78. The topological polar surface area (TPSA) is 62.7 Å². The number of nitrogens with zero attached hydrogens (tertiary/aromatic N) is 3. The molecule has 1 aromatic heterocycles. The van der Waals surface area contributed by atoms with Crippen molar-refractivity contribution in [3.63, 3.8) is 0 Å². The number of fused-ring (bicyclic) bond motifs is 2. The van der Waals surface area contributed by atoms with E-state index >= 15 is 0 Å². The summed E-state index contributed by atoms with van der Waals surface area (Å²) in [6.45, 7) is 0.594. The van der Waals surface area contributed by atoms with Crippen LogP contribution in [0, 0.1) is 0 Å². The number of aromatic nitrogens is 1. The lowest BCUT2D eigenvalue weighted by atomic mass is 10.1. The summed E-state index contributed by atoms with van der Waals surface area (Å²) in [5.41, 5.74) is 2.34. The highest BCUT2D eigenvalue weighted by atomic mass is 32.2. The second kappa shape index (κ2) is 7.16. The van der Waals surface area contributed by atoms with Crippen molar-refractivity contribution in [2.75, 3.05) is 29.9 Å². The molecule has 0 atom stereocenters. The van der Waals surface area contributed by atoms with Gasteiger partial charge in [-0.15, -0.1) is 0 Å². The molecular formula is C21H21N3O3S. The van der Waals surface area contributed by atoms with Gasteiger partial charge in [0.1, 0.15) is 10.6 Å². The average molecular weight is 395 g/mol. The Morgan fingerprint density at radius 3 is 2.43 bits per heavy atom. The van der Waals surface area contributed by atoms with E-state index in [1.54, 1.807) is 44.6 Å². The minimum Gasteiger partial charge on any atom is -0.497 e. The maximum atomic E-state index is 13.1. The summed E-state index contributed by atoms with van der Waals surface area (Å²) in [6, 6.07) is 18.5. The molecule has 1 aliphatic heterocycles. The maximum absolute atomic E-state index is 13.1. The van der Waals surface area contributed by atoms with Crippen molar-refractivity contribution in [2.45, 2.75) is 11.3 Å². The minimum absolute atomic E-state index is 0.283. The fraction of sp³-hybridized carbons (Fsp3) is 0.190. The summed E-state index contributed by atoms with van der Waals surface area (Å²) in [6.07, 6.45) is 2.42.